The molecule has 3 heteroatoms. The molecule has 0 bridgehead atoms. The first-order valence-corrected chi connectivity index (χ1v) is 4.72. The molecule has 0 amide bonds. The smallest absolute Gasteiger partial charge is 0.0991 e. The van der Waals surface area contributed by atoms with Gasteiger partial charge in [0, 0.05) is 7.05 Å². The summed E-state index contributed by atoms with van der Waals surface area (Å²) in [7, 11) is 1.92. The van der Waals surface area contributed by atoms with Crippen molar-refractivity contribution in [3.63, 3.8) is 0 Å². The van der Waals surface area contributed by atoms with Crippen LogP contribution in [0.4, 0.5) is 0 Å². The second-order valence-electron chi connectivity index (χ2n) is 3.48. The molecule has 1 aromatic carbocycles. The highest BCUT2D eigenvalue weighted by molar-refractivity contribution is 5.61. The number of benzene rings is 1. The molecule has 2 aromatic rings. The van der Waals surface area contributed by atoms with Gasteiger partial charge in [0.1, 0.15) is 0 Å². The lowest BCUT2D eigenvalue weighted by Crippen LogP contribution is -1.93. The number of hydrogen-bond acceptors (Lipinski definition) is 2. The van der Waals surface area contributed by atoms with Crippen LogP contribution in [0.2, 0.25) is 0 Å². The van der Waals surface area contributed by atoms with Crippen LogP contribution in [0.1, 0.15) is 11.3 Å². The summed E-state index contributed by atoms with van der Waals surface area (Å²) in [6.45, 7) is 1.97. The molecule has 0 aliphatic carbocycles. The molecule has 0 aliphatic heterocycles. The number of aryl methyl sites for hydroxylation is 2. The van der Waals surface area contributed by atoms with Gasteiger partial charge < -0.3 is 0 Å². The maximum atomic E-state index is 8.69. The predicted octanol–water partition coefficient (Wildman–Crippen LogP) is 2.27. The second-order valence-corrected chi connectivity index (χ2v) is 3.48. The van der Waals surface area contributed by atoms with Crippen molar-refractivity contribution in [2.45, 2.75) is 6.92 Å². The fraction of sp³-hybridized carbons (Fsp3) is 0.167. The molecule has 0 atom stereocenters. The monoisotopic (exact) mass is 197 g/mol. The van der Waals surface area contributed by atoms with Gasteiger partial charge in [-0.2, -0.15) is 10.4 Å². The number of hydrogen-bond donors (Lipinski definition) is 0. The van der Waals surface area contributed by atoms with Crippen LogP contribution in [-0.2, 0) is 7.05 Å². The fourth-order valence-electron chi connectivity index (χ4n) is 1.60. The Balaban J connectivity index is 2.46. The molecule has 0 N–H and O–H groups in total. The van der Waals surface area contributed by atoms with E-state index in [0.717, 1.165) is 17.0 Å². The zero-order chi connectivity index (χ0) is 10.8. The highest BCUT2D eigenvalue weighted by atomic mass is 15.3. The van der Waals surface area contributed by atoms with E-state index in [1.165, 1.54) is 0 Å². The van der Waals surface area contributed by atoms with Gasteiger partial charge in [-0.15, -0.1) is 0 Å². The second kappa shape index (κ2) is 3.58. The summed E-state index contributed by atoms with van der Waals surface area (Å²) >= 11 is 0. The molecule has 0 radical (unpaired) electrons. The first kappa shape index (κ1) is 9.47. The van der Waals surface area contributed by atoms with Crippen molar-refractivity contribution in [3.8, 4) is 17.3 Å². The molecule has 0 unspecified atom stereocenters. The Morgan fingerprint density at radius 2 is 1.93 bits per heavy atom. The van der Waals surface area contributed by atoms with Crippen molar-refractivity contribution >= 4 is 0 Å². The number of nitriles is 1. The Kier molecular flexibility index (Phi) is 2.26. The van der Waals surface area contributed by atoms with Crippen LogP contribution in [0.25, 0.3) is 11.3 Å². The number of nitrogens with zero attached hydrogens (tertiary/aromatic N) is 3. The fourth-order valence-corrected chi connectivity index (χ4v) is 1.60. The zero-order valence-electron chi connectivity index (χ0n) is 8.73. The summed E-state index contributed by atoms with van der Waals surface area (Å²) < 4.78 is 1.84. The molecule has 15 heavy (non-hydrogen) atoms. The Hall–Kier alpha value is -2.08. The number of aromatic nitrogens is 2. The first-order valence-electron chi connectivity index (χ1n) is 4.72. The van der Waals surface area contributed by atoms with Crippen LogP contribution >= 0.6 is 0 Å². The van der Waals surface area contributed by atoms with Crippen LogP contribution in [-0.4, -0.2) is 9.78 Å². The SMILES string of the molecule is Cc1cc(-c2ccc(C#N)cc2)n(C)n1. The van der Waals surface area contributed by atoms with E-state index in [2.05, 4.69) is 11.2 Å². The average molecular weight is 197 g/mol. The molecular weight excluding hydrogens is 186 g/mol. The topological polar surface area (TPSA) is 41.6 Å². The van der Waals surface area contributed by atoms with Gasteiger partial charge in [-0.3, -0.25) is 4.68 Å². The van der Waals surface area contributed by atoms with Crippen LogP contribution in [0, 0.1) is 18.3 Å². The van der Waals surface area contributed by atoms with E-state index in [0.29, 0.717) is 5.56 Å². The number of rotatable bonds is 1. The third kappa shape index (κ3) is 1.75. The van der Waals surface area contributed by atoms with Gasteiger partial charge in [-0.25, -0.2) is 0 Å². The first-order chi connectivity index (χ1) is 7.20. The molecule has 2 rings (SSSR count). The van der Waals surface area contributed by atoms with Crippen molar-refractivity contribution < 1.29 is 0 Å². The molecular formula is C12H11N3. The van der Waals surface area contributed by atoms with E-state index in [1.807, 2.05) is 49.0 Å². The van der Waals surface area contributed by atoms with Gasteiger partial charge in [-0.05, 0) is 30.7 Å². The quantitative estimate of drug-likeness (QED) is 0.703. The van der Waals surface area contributed by atoms with Gasteiger partial charge >= 0.3 is 0 Å². The third-order valence-corrected chi connectivity index (χ3v) is 2.31. The van der Waals surface area contributed by atoms with E-state index < -0.39 is 0 Å². The Morgan fingerprint density at radius 1 is 1.27 bits per heavy atom. The van der Waals surface area contributed by atoms with Gasteiger partial charge in [0.2, 0.25) is 0 Å². The van der Waals surface area contributed by atoms with Gasteiger partial charge in [0.15, 0.2) is 0 Å². The van der Waals surface area contributed by atoms with Crippen LogP contribution in [0.3, 0.4) is 0 Å². The summed E-state index contributed by atoms with van der Waals surface area (Å²) in [5, 5.41) is 13.0. The maximum absolute atomic E-state index is 8.69. The van der Waals surface area contributed by atoms with Gasteiger partial charge in [-0.1, -0.05) is 12.1 Å². The maximum Gasteiger partial charge on any atom is 0.0991 e. The van der Waals surface area contributed by atoms with Crippen molar-refractivity contribution in [1.29, 1.82) is 5.26 Å². The molecule has 0 fully saturated rings. The lowest BCUT2D eigenvalue weighted by atomic mass is 10.1. The minimum atomic E-state index is 0.678. The normalized spacial score (nSPS) is 9.93. The highest BCUT2D eigenvalue weighted by Gasteiger charge is 2.04. The Bertz CT molecular complexity index is 515. The molecule has 3 nitrogen and oxygen atoms in total. The van der Waals surface area contributed by atoms with E-state index in [4.69, 9.17) is 5.26 Å². The Labute approximate surface area is 88.6 Å². The summed E-state index contributed by atoms with van der Waals surface area (Å²) in [6, 6.07) is 11.6. The zero-order valence-corrected chi connectivity index (χ0v) is 8.73. The molecule has 0 spiro atoms. The summed E-state index contributed by atoms with van der Waals surface area (Å²) in [4.78, 5) is 0. The molecule has 74 valence electrons. The van der Waals surface area contributed by atoms with Crippen molar-refractivity contribution in [2.24, 2.45) is 7.05 Å². The summed E-state index contributed by atoms with van der Waals surface area (Å²) in [5.41, 5.74) is 3.82. The van der Waals surface area contributed by atoms with Crippen molar-refractivity contribution in [3.05, 3.63) is 41.6 Å². The average Bonchev–Trinajstić information content (AvgIpc) is 2.58. The van der Waals surface area contributed by atoms with Gasteiger partial charge in [0.25, 0.3) is 0 Å². The highest BCUT2D eigenvalue weighted by Crippen LogP contribution is 2.19. The van der Waals surface area contributed by atoms with Gasteiger partial charge in [0.05, 0.1) is 23.0 Å². The third-order valence-electron chi connectivity index (χ3n) is 2.31. The predicted molar refractivity (Wildman–Crippen MR) is 58.1 cm³/mol. The minimum absolute atomic E-state index is 0.678. The van der Waals surface area contributed by atoms with E-state index in [1.54, 1.807) is 0 Å². The molecule has 1 aromatic heterocycles. The largest absolute Gasteiger partial charge is 0.268 e. The minimum Gasteiger partial charge on any atom is -0.268 e. The lowest BCUT2D eigenvalue weighted by molar-refractivity contribution is 0.764. The standard InChI is InChI=1S/C12H11N3/c1-9-7-12(15(2)14-9)11-5-3-10(8-13)4-6-11/h3-7H,1-2H3. The summed E-state index contributed by atoms with van der Waals surface area (Å²) in [6.07, 6.45) is 0. The van der Waals surface area contributed by atoms with Crippen LogP contribution in [0.15, 0.2) is 30.3 Å². The molecule has 0 saturated heterocycles. The van der Waals surface area contributed by atoms with E-state index >= 15 is 0 Å². The molecule has 1 heterocycles. The molecule has 0 saturated carbocycles. The van der Waals surface area contributed by atoms with E-state index in [9.17, 15) is 0 Å². The van der Waals surface area contributed by atoms with Crippen LogP contribution < -0.4 is 0 Å². The summed E-state index contributed by atoms with van der Waals surface area (Å²) in [5.74, 6) is 0. The van der Waals surface area contributed by atoms with Crippen LogP contribution in [0.5, 0.6) is 0 Å². The van der Waals surface area contributed by atoms with E-state index in [-0.39, 0.29) is 0 Å². The Morgan fingerprint density at radius 3 is 2.40 bits per heavy atom. The van der Waals surface area contributed by atoms with Crippen molar-refractivity contribution in [2.75, 3.05) is 0 Å². The lowest BCUT2D eigenvalue weighted by Gasteiger charge is -2.00. The van der Waals surface area contributed by atoms with Crippen molar-refractivity contribution in [1.82, 2.24) is 9.78 Å². The molecule has 0 aliphatic rings.